The molecule has 1 aliphatic heterocycles. The maximum absolute atomic E-state index is 13.4. The molecule has 0 aliphatic carbocycles. The van der Waals surface area contributed by atoms with Gasteiger partial charge in [0.25, 0.3) is 0 Å². The van der Waals surface area contributed by atoms with Gasteiger partial charge in [0.1, 0.15) is 24.7 Å². The molecule has 0 unspecified atom stereocenters. The van der Waals surface area contributed by atoms with E-state index < -0.39 is 12.1 Å². The number of fused-ring (bicyclic) bond motifs is 1. The van der Waals surface area contributed by atoms with Crippen molar-refractivity contribution in [3.05, 3.63) is 60.4 Å². The molecule has 3 aromatic rings. The van der Waals surface area contributed by atoms with Crippen LogP contribution in [0.2, 0.25) is 0 Å². The number of ether oxygens (including phenoxy) is 1. The second-order valence-corrected chi connectivity index (χ2v) is 9.94. The molecule has 1 aliphatic rings. The van der Waals surface area contributed by atoms with E-state index in [4.69, 9.17) is 4.74 Å². The van der Waals surface area contributed by atoms with E-state index in [1.165, 1.54) is 11.0 Å². The molecule has 40 heavy (non-hydrogen) atoms. The summed E-state index contributed by atoms with van der Waals surface area (Å²) in [4.78, 5) is 41.9. The maximum atomic E-state index is 13.4. The number of aromatic nitrogens is 4. The van der Waals surface area contributed by atoms with Gasteiger partial charge in [0.2, 0.25) is 11.8 Å². The number of aliphatic hydroxyl groups is 1. The van der Waals surface area contributed by atoms with Crippen LogP contribution in [0.5, 0.6) is 5.75 Å². The molecule has 1 aromatic heterocycles. The van der Waals surface area contributed by atoms with Crippen LogP contribution >= 0.6 is 0 Å². The van der Waals surface area contributed by atoms with Gasteiger partial charge >= 0.3 is 6.03 Å². The molecule has 0 saturated heterocycles. The van der Waals surface area contributed by atoms with Crippen molar-refractivity contribution < 1.29 is 24.2 Å². The van der Waals surface area contributed by atoms with E-state index in [-0.39, 0.29) is 49.9 Å². The van der Waals surface area contributed by atoms with Gasteiger partial charge in [-0.2, -0.15) is 0 Å². The van der Waals surface area contributed by atoms with Gasteiger partial charge in [-0.1, -0.05) is 25.1 Å². The molecule has 4 rings (SSSR count). The number of carbonyl (C=O) groups excluding carboxylic acids is 3. The van der Waals surface area contributed by atoms with Crippen LogP contribution < -0.4 is 15.4 Å². The molecule has 0 radical (unpaired) electrons. The van der Waals surface area contributed by atoms with Crippen LogP contribution in [0.15, 0.2) is 54.9 Å². The molecule has 2 aromatic carbocycles. The largest absolute Gasteiger partial charge is 0.488 e. The fourth-order valence-electron chi connectivity index (χ4n) is 4.42. The average molecular weight is 551 g/mol. The molecule has 0 spiro atoms. The highest BCUT2D eigenvalue weighted by Gasteiger charge is 2.32. The third-order valence-electron chi connectivity index (χ3n) is 6.72. The number of para-hydroxylation sites is 1. The third kappa shape index (κ3) is 7.32. The molecule has 13 heteroatoms. The molecule has 0 bridgehead atoms. The number of anilines is 2. The molecule has 2 heterocycles. The number of nitrogens with one attached hydrogen (secondary N) is 2. The lowest BCUT2D eigenvalue weighted by Gasteiger charge is -2.34. The van der Waals surface area contributed by atoms with E-state index >= 15 is 0 Å². The smallest absolute Gasteiger partial charge is 0.321 e. The number of rotatable bonds is 8. The summed E-state index contributed by atoms with van der Waals surface area (Å²) in [6, 6.07) is 13.6. The van der Waals surface area contributed by atoms with E-state index in [9.17, 15) is 19.5 Å². The highest BCUT2D eigenvalue weighted by atomic mass is 16.5. The Morgan fingerprint density at radius 2 is 1.95 bits per heavy atom. The number of tetrazole rings is 1. The van der Waals surface area contributed by atoms with E-state index in [2.05, 4.69) is 26.2 Å². The van der Waals surface area contributed by atoms with Gasteiger partial charge in [0.15, 0.2) is 0 Å². The molecule has 0 fully saturated rings. The molecule has 13 nitrogen and oxygen atoms in total. The Labute approximate surface area is 232 Å². The predicted molar refractivity (Wildman–Crippen MR) is 147 cm³/mol. The summed E-state index contributed by atoms with van der Waals surface area (Å²) in [7, 11) is 1.68. The minimum Gasteiger partial charge on any atom is -0.488 e. The van der Waals surface area contributed by atoms with Crippen molar-refractivity contribution in [2.24, 2.45) is 5.92 Å². The number of urea groups is 1. The fourth-order valence-corrected chi connectivity index (χ4v) is 4.42. The highest BCUT2D eigenvalue weighted by molar-refractivity contribution is 5.91. The molecule has 4 amide bonds. The maximum Gasteiger partial charge on any atom is 0.321 e. The summed E-state index contributed by atoms with van der Waals surface area (Å²) >= 11 is 0. The standard InChI is InChI=1S/C27H34N8O5/c1-18-13-35(19(2)16-36)26(38)12-20-11-22(29-25(37)15-34-17-28-31-32-34)9-10-23(20)40-24(18)14-33(3)27(39)30-21-7-5-4-6-8-21/h4-11,17-19,24,36H,12-16H2,1-3H3,(H,29,37)(H,30,39)/t18-,19-,24+/m0/s1. The summed E-state index contributed by atoms with van der Waals surface area (Å²) in [6.07, 6.45) is 0.885. The Balaban J connectivity index is 1.56. The number of carbonyl (C=O) groups is 3. The second kappa shape index (κ2) is 13.0. The van der Waals surface area contributed by atoms with Crippen molar-refractivity contribution in [2.45, 2.75) is 39.0 Å². The van der Waals surface area contributed by atoms with Crippen molar-refractivity contribution >= 4 is 29.2 Å². The Morgan fingerprint density at radius 3 is 2.65 bits per heavy atom. The summed E-state index contributed by atoms with van der Waals surface area (Å²) in [5.74, 6) is -0.201. The van der Waals surface area contributed by atoms with Gasteiger partial charge in [0.05, 0.1) is 25.6 Å². The number of amides is 4. The van der Waals surface area contributed by atoms with Crippen molar-refractivity contribution in [1.29, 1.82) is 0 Å². The topological polar surface area (TPSA) is 155 Å². The van der Waals surface area contributed by atoms with E-state index in [0.29, 0.717) is 29.2 Å². The van der Waals surface area contributed by atoms with Crippen LogP contribution in [0.1, 0.15) is 19.4 Å². The lowest BCUT2D eigenvalue weighted by molar-refractivity contribution is -0.134. The molecule has 212 valence electrons. The van der Waals surface area contributed by atoms with Crippen LogP contribution in [0.4, 0.5) is 16.2 Å². The number of likely N-dealkylation sites (N-methyl/N-ethyl adjacent to an activating group) is 1. The van der Waals surface area contributed by atoms with Crippen LogP contribution in [0.25, 0.3) is 0 Å². The van der Waals surface area contributed by atoms with Crippen molar-refractivity contribution in [3.63, 3.8) is 0 Å². The van der Waals surface area contributed by atoms with Crippen LogP contribution in [0, 0.1) is 5.92 Å². The van der Waals surface area contributed by atoms with E-state index in [0.717, 1.165) is 0 Å². The fraction of sp³-hybridized carbons (Fsp3) is 0.407. The minimum absolute atomic E-state index is 0.0140. The number of aliphatic hydroxyl groups excluding tert-OH is 1. The Morgan fingerprint density at radius 1 is 1.18 bits per heavy atom. The van der Waals surface area contributed by atoms with Gasteiger partial charge in [-0.05, 0) is 47.7 Å². The first-order chi connectivity index (χ1) is 19.2. The first kappa shape index (κ1) is 28.5. The number of nitrogens with zero attached hydrogens (tertiary/aromatic N) is 6. The van der Waals surface area contributed by atoms with Gasteiger partial charge in [0, 0.05) is 36.4 Å². The zero-order valence-corrected chi connectivity index (χ0v) is 22.7. The third-order valence-corrected chi connectivity index (χ3v) is 6.72. The van der Waals surface area contributed by atoms with Gasteiger partial charge in [-0.15, -0.1) is 5.10 Å². The average Bonchev–Trinajstić information content (AvgIpc) is 3.45. The molecule has 0 saturated carbocycles. The summed E-state index contributed by atoms with van der Waals surface area (Å²) < 4.78 is 7.75. The molecular weight excluding hydrogens is 516 g/mol. The molecule has 3 atom stereocenters. The number of hydrogen-bond acceptors (Lipinski definition) is 8. The summed E-state index contributed by atoms with van der Waals surface area (Å²) in [6.45, 7) is 4.06. The van der Waals surface area contributed by atoms with Gasteiger partial charge < -0.3 is 30.3 Å². The normalized spacial score (nSPS) is 17.9. The van der Waals surface area contributed by atoms with E-state index in [1.807, 2.05) is 25.1 Å². The van der Waals surface area contributed by atoms with Crippen molar-refractivity contribution in [2.75, 3.05) is 37.4 Å². The van der Waals surface area contributed by atoms with Crippen molar-refractivity contribution in [1.82, 2.24) is 30.0 Å². The minimum atomic E-state index is -0.468. The first-order valence-electron chi connectivity index (χ1n) is 13.0. The van der Waals surface area contributed by atoms with Crippen LogP contribution in [0.3, 0.4) is 0 Å². The zero-order valence-electron chi connectivity index (χ0n) is 22.7. The van der Waals surface area contributed by atoms with E-state index in [1.54, 1.807) is 54.1 Å². The molecule has 3 N–H and O–H groups in total. The molecular formula is C27H34N8O5. The summed E-state index contributed by atoms with van der Waals surface area (Å²) in [5, 5.41) is 26.2. The second-order valence-electron chi connectivity index (χ2n) is 9.94. The first-order valence-corrected chi connectivity index (χ1v) is 13.0. The van der Waals surface area contributed by atoms with Crippen molar-refractivity contribution in [3.8, 4) is 5.75 Å². The highest BCUT2D eigenvalue weighted by Crippen LogP contribution is 2.29. The number of benzene rings is 2. The quantitative estimate of drug-likeness (QED) is 0.382. The summed E-state index contributed by atoms with van der Waals surface area (Å²) in [5.41, 5.74) is 1.74. The Bertz CT molecular complexity index is 1300. The monoisotopic (exact) mass is 550 g/mol. The Kier molecular flexibility index (Phi) is 9.27. The lowest BCUT2D eigenvalue weighted by atomic mass is 10.0. The van der Waals surface area contributed by atoms with Gasteiger partial charge in [-0.3, -0.25) is 9.59 Å². The van der Waals surface area contributed by atoms with Gasteiger partial charge in [-0.25, -0.2) is 9.48 Å². The predicted octanol–water partition coefficient (Wildman–Crippen LogP) is 1.62. The SMILES string of the molecule is C[C@H]1CN([C@@H](C)CO)C(=O)Cc2cc(NC(=O)Cn3cnnn3)ccc2O[C@@H]1CN(C)C(=O)Nc1ccccc1. The number of hydrogen-bond donors (Lipinski definition) is 3. The van der Waals surface area contributed by atoms with Crippen LogP contribution in [-0.4, -0.2) is 91.8 Å². The lowest BCUT2D eigenvalue weighted by Crippen LogP contribution is -2.48. The van der Waals surface area contributed by atoms with Crippen LogP contribution in [-0.2, 0) is 22.6 Å². The zero-order chi connectivity index (χ0) is 28.6. The Hall–Kier alpha value is -4.52.